The van der Waals surface area contributed by atoms with E-state index >= 15 is 0 Å². The summed E-state index contributed by atoms with van der Waals surface area (Å²) in [5.41, 5.74) is -0.695. The van der Waals surface area contributed by atoms with Crippen molar-refractivity contribution in [3.8, 4) is 5.06 Å². The molecule has 1 aromatic heterocycles. The van der Waals surface area contributed by atoms with E-state index in [9.17, 15) is 5.11 Å². The van der Waals surface area contributed by atoms with Crippen molar-refractivity contribution in [3.63, 3.8) is 0 Å². The first-order valence-corrected chi connectivity index (χ1v) is 5.51. The summed E-state index contributed by atoms with van der Waals surface area (Å²) in [6.07, 6.45) is 1.35. The molecule has 0 radical (unpaired) electrons. The quantitative estimate of drug-likeness (QED) is 0.815. The number of thiophene rings is 1. The number of aliphatic hydroxyl groups is 1. The van der Waals surface area contributed by atoms with E-state index in [1.54, 1.807) is 7.11 Å². The molecule has 78 valence electrons. The summed E-state index contributed by atoms with van der Waals surface area (Å²) in [7, 11) is 1.64. The number of hydrogen-bond acceptors (Lipinski definition) is 4. The van der Waals surface area contributed by atoms with E-state index in [-0.39, 0.29) is 0 Å². The van der Waals surface area contributed by atoms with Gasteiger partial charge in [-0.15, -0.1) is 11.3 Å². The molecule has 2 rings (SSSR count). The van der Waals surface area contributed by atoms with Crippen molar-refractivity contribution in [2.75, 3.05) is 20.3 Å². The molecule has 2 heterocycles. The molecule has 0 unspecified atom stereocenters. The van der Waals surface area contributed by atoms with Gasteiger partial charge in [-0.05, 0) is 12.1 Å². The van der Waals surface area contributed by atoms with Crippen LogP contribution in [-0.4, -0.2) is 25.4 Å². The van der Waals surface area contributed by atoms with Gasteiger partial charge >= 0.3 is 0 Å². The minimum Gasteiger partial charge on any atom is -0.487 e. The monoisotopic (exact) mass is 214 g/mol. The Morgan fingerprint density at radius 1 is 1.43 bits per heavy atom. The Kier molecular flexibility index (Phi) is 2.76. The summed E-state index contributed by atoms with van der Waals surface area (Å²) in [6.45, 7) is 1.27. The van der Waals surface area contributed by atoms with Crippen molar-refractivity contribution in [3.05, 3.63) is 17.0 Å². The molecule has 3 nitrogen and oxygen atoms in total. The zero-order valence-electron chi connectivity index (χ0n) is 8.16. The molecule has 0 aliphatic carbocycles. The van der Waals surface area contributed by atoms with Gasteiger partial charge in [0.05, 0.1) is 7.11 Å². The minimum atomic E-state index is -0.695. The van der Waals surface area contributed by atoms with Crippen LogP contribution in [0.5, 0.6) is 5.06 Å². The maximum Gasteiger partial charge on any atom is 0.173 e. The van der Waals surface area contributed by atoms with Gasteiger partial charge in [-0.2, -0.15) is 0 Å². The van der Waals surface area contributed by atoms with E-state index in [1.165, 1.54) is 11.3 Å². The van der Waals surface area contributed by atoms with Gasteiger partial charge in [-0.3, -0.25) is 0 Å². The van der Waals surface area contributed by atoms with E-state index < -0.39 is 5.60 Å². The van der Waals surface area contributed by atoms with Crippen LogP contribution in [0.25, 0.3) is 0 Å². The van der Waals surface area contributed by atoms with Crippen LogP contribution in [0.1, 0.15) is 17.7 Å². The number of rotatable bonds is 2. The van der Waals surface area contributed by atoms with Crippen molar-refractivity contribution < 1.29 is 14.6 Å². The summed E-state index contributed by atoms with van der Waals surface area (Å²) in [6, 6.07) is 3.84. The third-order valence-electron chi connectivity index (χ3n) is 2.56. The molecule has 1 aliphatic heterocycles. The standard InChI is InChI=1S/C10H14O3S/c1-12-9-3-2-8(14-9)10(11)4-6-13-7-5-10/h2-3,11H,4-7H2,1H3. The van der Waals surface area contributed by atoms with E-state index in [4.69, 9.17) is 9.47 Å². The molecular formula is C10H14O3S. The lowest BCUT2D eigenvalue weighted by molar-refractivity contribution is -0.0656. The number of hydrogen-bond donors (Lipinski definition) is 1. The summed E-state index contributed by atoms with van der Waals surface area (Å²) in [5, 5.41) is 11.2. The highest BCUT2D eigenvalue weighted by Crippen LogP contribution is 2.38. The summed E-state index contributed by atoms with van der Waals surface area (Å²) in [4.78, 5) is 0.984. The fraction of sp³-hybridized carbons (Fsp3) is 0.600. The van der Waals surface area contributed by atoms with E-state index in [0.29, 0.717) is 26.1 Å². The Bertz CT molecular complexity index is 302. The van der Waals surface area contributed by atoms with Gasteiger partial charge in [0.2, 0.25) is 0 Å². The molecule has 1 fully saturated rings. The van der Waals surface area contributed by atoms with Gasteiger partial charge in [-0.25, -0.2) is 0 Å². The molecule has 0 atom stereocenters. The SMILES string of the molecule is COc1ccc(C2(O)CCOCC2)s1. The Morgan fingerprint density at radius 2 is 2.14 bits per heavy atom. The van der Waals surface area contributed by atoms with Crippen LogP contribution < -0.4 is 4.74 Å². The largest absolute Gasteiger partial charge is 0.487 e. The van der Waals surface area contributed by atoms with E-state index in [0.717, 1.165) is 9.94 Å². The second-order valence-electron chi connectivity index (χ2n) is 3.47. The molecule has 1 N–H and O–H groups in total. The average molecular weight is 214 g/mol. The Balaban J connectivity index is 2.19. The maximum absolute atomic E-state index is 10.3. The molecular weight excluding hydrogens is 200 g/mol. The van der Waals surface area contributed by atoms with Gasteiger partial charge in [0, 0.05) is 30.9 Å². The lowest BCUT2D eigenvalue weighted by Crippen LogP contribution is -2.32. The van der Waals surface area contributed by atoms with Crippen LogP contribution in [0, 0.1) is 0 Å². The molecule has 1 aliphatic rings. The van der Waals surface area contributed by atoms with Gasteiger partial charge in [0.15, 0.2) is 5.06 Å². The molecule has 0 aromatic carbocycles. The highest BCUT2D eigenvalue weighted by Gasteiger charge is 2.33. The Morgan fingerprint density at radius 3 is 2.71 bits per heavy atom. The smallest absolute Gasteiger partial charge is 0.173 e. The van der Waals surface area contributed by atoms with Crippen molar-refractivity contribution in [1.82, 2.24) is 0 Å². The second-order valence-corrected chi connectivity index (χ2v) is 4.51. The molecule has 0 spiro atoms. The highest BCUT2D eigenvalue weighted by atomic mass is 32.1. The Labute approximate surface area is 87.3 Å². The normalized spacial score (nSPS) is 20.7. The maximum atomic E-state index is 10.3. The highest BCUT2D eigenvalue weighted by molar-refractivity contribution is 7.14. The number of methoxy groups -OCH3 is 1. The van der Waals surface area contributed by atoms with Crippen LogP contribution in [-0.2, 0) is 10.3 Å². The van der Waals surface area contributed by atoms with Gasteiger partial charge in [-0.1, -0.05) is 0 Å². The van der Waals surface area contributed by atoms with Crippen molar-refractivity contribution >= 4 is 11.3 Å². The summed E-state index contributed by atoms with van der Waals surface area (Å²) >= 11 is 1.51. The third-order valence-corrected chi connectivity index (χ3v) is 3.80. The molecule has 0 amide bonds. The first-order chi connectivity index (χ1) is 6.74. The molecule has 4 heteroatoms. The Hall–Kier alpha value is -0.580. The topological polar surface area (TPSA) is 38.7 Å². The van der Waals surface area contributed by atoms with Gasteiger partial charge in [0.25, 0.3) is 0 Å². The predicted molar refractivity (Wildman–Crippen MR) is 54.8 cm³/mol. The molecule has 0 saturated carbocycles. The molecule has 14 heavy (non-hydrogen) atoms. The predicted octanol–water partition coefficient (Wildman–Crippen LogP) is 1.75. The fourth-order valence-electron chi connectivity index (χ4n) is 1.64. The van der Waals surface area contributed by atoms with Crippen LogP contribution in [0.4, 0.5) is 0 Å². The van der Waals surface area contributed by atoms with Crippen molar-refractivity contribution in [2.24, 2.45) is 0 Å². The molecule has 1 aromatic rings. The van der Waals surface area contributed by atoms with Crippen LogP contribution in [0.3, 0.4) is 0 Å². The first kappa shape index (κ1) is 9.96. The van der Waals surface area contributed by atoms with Crippen molar-refractivity contribution in [2.45, 2.75) is 18.4 Å². The zero-order valence-corrected chi connectivity index (χ0v) is 8.97. The first-order valence-electron chi connectivity index (χ1n) is 4.69. The lowest BCUT2D eigenvalue weighted by Gasteiger charge is -2.30. The second kappa shape index (κ2) is 3.88. The average Bonchev–Trinajstić information content (AvgIpc) is 2.67. The lowest BCUT2D eigenvalue weighted by atomic mass is 9.93. The third kappa shape index (κ3) is 1.78. The molecule has 0 bridgehead atoms. The van der Waals surface area contributed by atoms with E-state index in [1.807, 2.05) is 12.1 Å². The van der Waals surface area contributed by atoms with Crippen LogP contribution in [0.2, 0.25) is 0 Å². The fourth-order valence-corrected chi connectivity index (χ4v) is 2.60. The van der Waals surface area contributed by atoms with E-state index in [2.05, 4.69) is 0 Å². The van der Waals surface area contributed by atoms with Crippen LogP contribution >= 0.6 is 11.3 Å². The van der Waals surface area contributed by atoms with Crippen molar-refractivity contribution in [1.29, 1.82) is 0 Å². The summed E-state index contributed by atoms with van der Waals surface area (Å²) in [5.74, 6) is 0. The van der Waals surface area contributed by atoms with Gasteiger partial charge < -0.3 is 14.6 Å². The zero-order chi connectivity index (χ0) is 10.0. The number of ether oxygens (including phenoxy) is 2. The summed E-state index contributed by atoms with van der Waals surface area (Å²) < 4.78 is 10.3. The minimum absolute atomic E-state index is 0.636. The molecule has 1 saturated heterocycles. The van der Waals surface area contributed by atoms with Gasteiger partial charge in [0.1, 0.15) is 5.60 Å². The van der Waals surface area contributed by atoms with Crippen LogP contribution in [0.15, 0.2) is 12.1 Å².